The predicted octanol–water partition coefficient (Wildman–Crippen LogP) is 1.88. The molecule has 0 radical (unpaired) electrons. The Balaban J connectivity index is 2.08. The summed E-state index contributed by atoms with van der Waals surface area (Å²) in [6.07, 6.45) is -4.43. The second kappa shape index (κ2) is 5.80. The summed E-state index contributed by atoms with van der Waals surface area (Å²) in [6, 6.07) is 4.45. The number of halogens is 3. The van der Waals surface area contributed by atoms with Crippen LogP contribution in [0.3, 0.4) is 0 Å². The van der Waals surface area contributed by atoms with Crippen LogP contribution in [0.15, 0.2) is 24.3 Å². The number of anilines is 1. The van der Waals surface area contributed by atoms with Crippen molar-refractivity contribution >= 4 is 11.6 Å². The molecule has 1 amide bonds. The number of hydrogen-bond donors (Lipinski definition) is 2. The van der Waals surface area contributed by atoms with Crippen LogP contribution in [0.5, 0.6) is 0 Å². The van der Waals surface area contributed by atoms with Crippen molar-refractivity contribution in [1.82, 2.24) is 5.32 Å². The Labute approximate surface area is 114 Å². The minimum absolute atomic E-state index is 0.124. The molecule has 0 aliphatic carbocycles. The first-order chi connectivity index (χ1) is 9.41. The number of likely N-dealkylation sites (N-methyl/N-ethyl adjacent to an activating group) is 1. The third-order valence-corrected chi connectivity index (χ3v) is 3.25. The van der Waals surface area contributed by atoms with Gasteiger partial charge in [0, 0.05) is 11.7 Å². The summed E-state index contributed by atoms with van der Waals surface area (Å²) in [6.45, 7) is 0.674. The number of nitrogens with one attached hydrogen (secondary N) is 2. The third-order valence-electron chi connectivity index (χ3n) is 3.25. The van der Waals surface area contributed by atoms with Gasteiger partial charge in [0.25, 0.3) is 0 Å². The Morgan fingerprint density at radius 3 is 2.75 bits per heavy atom. The lowest BCUT2D eigenvalue weighted by molar-refractivity contribution is -0.137. The number of carbonyl (C=O) groups is 1. The molecule has 0 bridgehead atoms. The molecule has 1 aliphatic rings. The van der Waals surface area contributed by atoms with E-state index >= 15 is 0 Å². The van der Waals surface area contributed by atoms with E-state index in [4.69, 9.17) is 4.74 Å². The number of alkyl halides is 3. The molecular weight excluding hydrogens is 273 g/mol. The van der Waals surface area contributed by atoms with Crippen LogP contribution in [0.4, 0.5) is 18.9 Å². The Morgan fingerprint density at radius 2 is 2.10 bits per heavy atom. The van der Waals surface area contributed by atoms with Gasteiger partial charge in [-0.1, -0.05) is 6.07 Å². The molecule has 1 fully saturated rings. The van der Waals surface area contributed by atoms with Crippen LogP contribution in [0.1, 0.15) is 5.56 Å². The summed E-state index contributed by atoms with van der Waals surface area (Å²) in [4.78, 5) is 12.0. The van der Waals surface area contributed by atoms with Crippen molar-refractivity contribution in [2.75, 3.05) is 25.6 Å². The summed E-state index contributed by atoms with van der Waals surface area (Å²) in [5, 5.41) is 5.45. The van der Waals surface area contributed by atoms with Gasteiger partial charge >= 0.3 is 6.18 Å². The highest BCUT2D eigenvalue weighted by atomic mass is 19.4. The normalized spacial score (nSPS) is 22.8. The fraction of sp³-hybridized carbons (Fsp3) is 0.462. The minimum Gasteiger partial charge on any atom is -0.379 e. The van der Waals surface area contributed by atoms with Crippen LogP contribution in [-0.4, -0.2) is 32.2 Å². The van der Waals surface area contributed by atoms with Crippen molar-refractivity contribution in [3.63, 3.8) is 0 Å². The Hall–Kier alpha value is -1.60. The number of ether oxygens (including phenoxy) is 1. The zero-order valence-electron chi connectivity index (χ0n) is 10.8. The number of benzene rings is 1. The molecule has 1 heterocycles. The molecule has 20 heavy (non-hydrogen) atoms. The van der Waals surface area contributed by atoms with Crippen molar-refractivity contribution < 1.29 is 22.7 Å². The SMILES string of the molecule is CNC1COCC1C(=O)Nc1cccc(C(F)(F)F)c1. The van der Waals surface area contributed by atoms with Crippen molar-refractivity contribution in [2.24, 2.45) is 5.92 Å². The molecule has 1 aromatic carbocycles. The number of hydrogen-bond acceptors (Lipinski definition) is 3. The largest absolute Gasteiger partial charge is 0.416 e. The first kappa shape index (κ1) is 14.8. The maximum absolute atomic E-state index is 12.6. The van der Waals surface area contributed by atoms with Crippen LogP contribution in [-0.2, 0) is 15.7 Å². The molecule has 110 valence electrons. The third kappa shape index (κ3) is 3.29. The van der Waals surface area contributed by atoms with Crippen molar-refractivity contribution in [1.29, 1.82) is 0 Å². The number of amides is 1. The molecule has 2 rings (SSSR count). The molecule has 0 spiro atoms. The summed E-state index contributed by atoms with van der Waals surface area (Å²) in [5.74, 6) is -0.754. The maximum atomic E-state index is 12.6. The van der Waals surface area contributed by atoms with E-state index in [0.29, 0.717) is 6.61 Å². The highest BCUT2D eigenvalue weighted by molar-refractivity contribution is 5.93. The van der Waals surface area contributed by atoms with E-state index < -0.39 is 17.7 Å². The van der Waals surface area contributed by atoms with Gasteiger partial charge < -0.3 is 15.4 Å². The average molecular weight is 288 g/mol. The molecule has 0 aromatic heterocycles. The number of rotatable bonds is 3. The molecule has 2 atom stereocenters. The summed E-state index contributed by atoms with van der Waals surface area (Å²) in [5.41, 5.74) is -0.658. The van der Waals surface area contributed by atoms with Gasteiger partial charge in [0.2, 0.25) is 5.91 Å². The Kier molecular flexibility index (Phi) is 4.29. The molecule has 1 aromatic rings. The first-order valence-corrected chi connectivity index (χ1v) is 6.15. The summed E-state index contributed by atoms with van der Waals surface area (Å²) < 4.78 is 42.9. The van der Waals surface area contributed by atoms with E-state index in [0.717, 1.165) is 12.1 Å². The Bertz CT molecular complexity index is 491. The standard InChI is InChI=1S/C13H15F3N2O2/c1-17-11-7-20-6-10(11)12(19)18-9-4-2-3-8(5-9)13(14,15)16/h2-5,10-11,17H,6-7H2,1H3,(H,18,19). The van der Waals surface area contributed by atoms with Crippen molar-refractivity contribution in [2.45, 2.75) is 12.2 Å². The quantitative estimate of drug-likeness (QED) is 0.893. The molecule has 1 saturated heterocycles. The average Bonchev–Trinajstić information content (AvgIpc) is 2.86. The highest BCUT2D eigenvalue weighted by Crippen LogP contribution is 2.30. The summed E-state index contributed by atoms with van der Waals surface area (Å²) in [7, 11) is 1.71. The Morgan fingerprint density at radius 1 is 1.35 bits per heavy atom. The van der Waals surface area contributed by atoms with Gasteiger partial charge in [0.1, 0.15) is 0 Å². The van der Waals surface area contributed by atoms with Crippen LogP contribution < -0.4 is 10.6 Å². The molecular formula is C13H15F3N2O2. The lowest BCUT2D eigenvalue weighted by Gasteiger charge is -2.17. The van der Waals surface area contributed by atoms with Gasteiger partial charge in [-0.15, -0.1) is 0 Å². The smallest absolute Gasteiger partial charge is 0.379 e. The fourth-order valence-electron chi connectivity index (χ4n) is 2.11. The van der Waals surface area contributed by atoms with Gasteiger partial charge in [-0.2, -0.15) is 13.2 Å². The molecule has 4 nitrogen and oxygen atoms in total. The van der Waals surface area contributed by atoms with E-state index in [-0.39, 0.29) is 24.2 Å². The second-order valence-corrected chi connectivity index (χ2v) is 4.61. The van der Waals surface area contributed by atoms with Crippen LogP contribution in [0.25, 0.3) is 0 Å². The van der Waals surface area contributed by atoms with Gasteiger partial charge in [-0.05, 0) is 25.2 Å². The zero-order chi connectivity index (χ0) is 14.8. The molecule has 2 N–H and O–H groups in total. The monoisotopic (exact) mass is 288 g/mol. The molecule has 1 aliphatic heterocycles. The lowest BCUT2D eigenvalue weighted by atomic mass is 10.0. The zero-order valence-corrected chi connectivity index (χ0v) is 10.8. The van der Waals surface area contributed by atoms with E-state index in [1.54, 1.807) is 7.05 Å². The molecule has 2 unspecified atom stereocenters. The van der Waals surface area contributed by atoms with E-state index in [9.17, 15) is 18.0 Å². The minimum atomic E-state index is -4.43. The van der Waals surface area contributed by atoms with E-state index in [2.05, 4.69) is 10.6 Å². The topological polar surface area (TPSA) is 50.4 Å². The second-order valence-electron chi connectivity index (χ2n) is 4.61. The highest BCUT2D eigenvalue weighted by Gasteiger charge is 2.34. The maximum Gasteiger partial charge on any atom is 0.416 e. The van der Waals surface area contributed by atoms with Crippen molar-refractivity contribution in [3.8, 4) is 0 Å². The first-order valence-electron chi connectivity index (χ1n) is 6.15. The van der Waals surface area contributed by atoms with Gasteiger partial charge in [0.15, 0.2) is 0 Å². The van der Waals surface area contributed by atoms with Gasteiger partial charge in [-0.25, -0.2) is 0 Å². The van der Waals surface area contributed by atoms with Crippen LogP contribution in [0.2, 0.25) is 0 Å². The fourth-order valence-corrected chi connectivity index (χ4v) is 2.11. The van der Waals surface area contributed by atoms with Gasteiger partial charge in [0.05, 0.1) is 24.7 Å². The van der Waals surface area contributed by atoms with Crippen LogP contribution in [0, 0.1) is 5.92 Å². The van der Waals surface area contributed by atoms with Crippen LogP contribution >= 0.6 is 0 Å². The summed E-state index contributed by atoms with van der Waals surface area (Å²) >= 11 is 0. The van der Waals surface area contributed by atoms with Gasteiger partial charge in [-0.3, -0.25) is 4.79 Å². The van der Waals surface area contributed by atoms with E-state index in [1.165, 1.54) is 12.1 Å². The number of carbonyl (C=O) groups excluding carboxylic acids is 1. The predicted molar refractivity (Wildman–Crippen MR) is 67.2 cm³/mol. The molecule has 7 heteroatoms. The van der Waals surface area contributed by atoms with Crippen molar-refractivity contribution in [3.05, 3.63) is 29.8 Å². The molecule has 0 saturated carbocycles. The van der Waals surface area contributed by atoms with E-state index in [1.807, 2.05) is 0 Å². The lowest BCUT2D eigenvalue weighted by Crippen LogP contribution is -2.39.